The first-order chi connectivity index (χ1) is 18.3. The number of hydrogen-bond donors (Lipinski definition) is 1. The van der Waals surface area contributed by atoms with Crippen LogP contribution in [0.25, 0.3) is 0 Å². The topological polar surface area (TPSA) is 97.4 Å². The summed E-state index contributed by atoms with van der Waals surface area (Å²) >= 11 is 0. The van der Waals surface area contributed by atoms with Crippen LogP contribution in [0.3, 0.4) is 0 Å². The van der Waals surface area contributed by atoms with Gasteiger partial charge in [0, 0.05) is 37.4 Å². The normalized spacial score (nSPS) is 14.0. The number of carbonyl (C=O) groups is 3. The molecule has 3 rings (SSSR count). The maximum Gasteiger partial charge on any atom is 0.418 e. The highest BCUT2D eigenvalue weighted by Crippen LogP contribution is 2.37. The van der Waals surface area contributed by atoms with Crippen LogP contribution in [0.1, 0.15) is 43.6 Å². The molecule has 1 fully saturated rings. The van der Waals surface area contributed by atoms with Crippen LogP contribution in [0.15, 0.2) is 42.5 Å². The standard InChI is InChI=1S/C27H32F3N3O6/c1-5-37-23(34)17-38-20-10-11-22(21(16-20)27(28,29)30)31-24(35)18-6-8-19(9-7-18)32-12-14-33(15-13-32)25(36)39-26(2,3)4/h6-11,16H,5,12-15,17H2,1-4H3,(H,31,35). The third-order valence-electron chi connectivity index (χ3n) is 5.63. The van der Waals surface area contributed by atoms with Crippen molar-refractivity contribution < 1.29 is 41.8 Å². The van der Waals surface area contributed by atoms with E-state index in [4.69, 9.17) is 14.2 Å². The number of piperazine rings is 1. The minimum Gasteiger partial charge on any atom is -0.482 e. The van der Waals surface area contributed by atoms with Crippen molar-refractivity contribution in [3.63, 3.8) is 0 Å². The molecule has 1 N–H and O–H groups in total. The van der Waals surface area contributed by atoms with Crippen LogP contribution in [0.5, 0.6) is 5.75 Å². The van der Waals surface area contributed by atoms with Crippen molar-refractivity contribution in [2.45, 2.75) is 39.5 Å². The van der Waals surface area contributed by atoms with Gasteiger partial charge in [-0.2, -0.15) is 13.2 Å². The van der Waals surface area contributed by atoms with Crippen molar-refractivity contribution in [2.75, 3.05) is 49.6 Å². The predicted octanol–water partition coefficient (Wildman–Crippen LogP) is 4.96. The third kappa shape index (κ3) is 8.52. The van der Waals surface area contributed by atoms with Crippen LogP contribution in [0.2, 0.25) is 0 Å². The van der Waals surface area contributed by atoms with Gasteiger partial charge >= 0.3 is 18.2 Å². The summed E-state index contributed by atoms with van der Waals surface area (Å²) in [5, 5.41) is 2.30. The van der Waals surface area contributed by atoms with Gasteiger partial charge < -0.3 is 29.3 Å². The summed E-state index contributed by atoms with van der Waals surface area (Å²) in [6, 6.07) is 9.47. The summed E-state index contributed by atoms with van der Waals surface area (Å²) < 4.78 is 56.2. The molecule has 2 aromatic carbocycles. The Kier molecular flexibility index (Phi) is 9.31. The first kappa shape index (κ1) is 29.6. The second-order valence-electron chi connectivity index (χ2n) is 9.75. The molecule has 39 heavy (non-hydrogen) atoms. The van der Waals surface area contributed by atoms with Crippen LogP contribution in [-0.2, 0) is 20.4 Å². The fourth-order valence-corrected chi connectivity index (χ4v) is 3.79. The SMILES string of the molecule is CCOC(=O)COc1ccc(NC(=O)c2ccc(N3CCN(C(=O)OC(C)(C)C)CC3)cc2)c(C(F)(F)F)c1. The Bertz CT molecular complexity index is 1170. The number of nitrogens with one attached hydrogen (secondary N) is 1. The lowest BCUT2D eigenvalue weighted by Gasteiger charge is -2.36. The highest BCUT2D eigenvalue weighted by molar-refractivity contribution is 6.05. The van der Waals surface area contributed by atoms with E-state index in [-0.39, 0.29) is 24.0 Å². The Morgan fingerprint density at radius 2 is 1.59 bits per heavy atom. The second kappa shape index (κ2) is 12.3. The Balaban J connectivity index is 1.63. The molecule has 2 amide bonds. The maximum atomic E-state index is 13.7. The molecule has 0 spiro atoms. The lowest BCUT2D eigenvalue weighted by Crippen LogP contribution is -2.50. The number of anilines is 2. The Morgan fingerprint density at radius 1 is 0.949 bits per heavy atom. The average molecular weight is 552 g/mol. The fraction of sp³-hybridized carbons (Fsp3) is 0.444. The molecular weight excluding hydrogens is 519 g/mol. The lowest BCUT2D eigenvalue weighted by molar-refractivity contribution is -0.145. The van der Waals surface area contributed by atoms with Gasteiger partial charge in [0.15, 0.2) is 6.61 Å². The molecule has 0 bridgehead atoms. The van der Waals surface area contributed by atoms with Gasteiger partial charge in [-0.15, -0.1) is 0 Å². The lowest BCUT2D eigenvalue weighted by atomic mass is 10.1. The van der Waals surface area contributed by atoms with Crippen LogP contribution in [0, 0.1) is 0 Å². The number of benzene rings is 2. The summed E-state index contributed by atoms with van der Waals surface area (Å²) in [4.78, 5) is 40.1. The minimum atomic E-state index is -4.78. The molecule has 0 saturated carbocycles. The first-order valence-electron chi connectivity index (χ1n) is 12.4. The van der Waals surface area contributed by atoms with Crippen LogP contribution >= 0.6 is 0 Å². The molecule has 212 valence electrons. The molecule has 0 aliphatic carbocycles. The Morgan fingerprint density at radius 3 is 2.15 bits per heavy atom. The van der Waals surface area contributed by atoms with Crippen molar-refractivity contribution in [3.05, 3.63) is 53.6 Å². The molecule has 9 nitrogen and oxygen atoms in total. The highest BCUT2D eigenvalue weighted by Gasteiger charge is 2.35. The first-order valence-corrected chi connectivity index (χ1v) is 12.4. The van der Waals surface area contributed by atoms with E-state index in [2.05, 4.69) is 5.32 Å². The van der Waals surface area contributed by atoms with Crippen molar-refractivity contribution in [1.82, 2.24) is 4.90 Å². The van der Waals surface area contributed by atoms with Gasteiger partial charge in [-0.25, -0.2) is 9.59 Å². The molecule has 0 radical (unpaired) electrons. The monoisotopic (exact) mass is 551 g/mol. The molecule has 1 heterocycles. The van der Waals surface area contributed by atoms with Crippen LogP contribution < -0.4 is 15.0 Å². The van der Waals surface area contributed by atoms with Gasteiger partial charge in [0.05, 0.1) is 17.9 Å². The highest BCUT2D eigenvalue weighted by atomic mass is 19.4. The number of ether oxygens (including phenoxy) is 3. The molecule has 1 aliphatic heterocycles. The zero-order chi connectivity index (χ0) is 28.8. The van der Waals surface area contributed by atoms with Gasteiger partial charge in [-0.1, -0.05) is 0 Å². The molecular formula is C27H32F3N3O6. The van der Waals surface area contributed by atoms with E-state index >= 15 is 0 Å². The molecule has 0 aromatic heterocycles. The van der Waals surface area contributed by atoms with Crippen molar-refractivity contribution in [3.8, 4) is 5.75 Å². The van der Waals surface area contributed by atoms with Gasteiger partial charge in [0.2, 0.25) is 0 Å². The number of alkyl halides is 3. The number of rotatable bonds is 7. The van der Waals surface area contributed by atoms with E-state index in [1.54, 1.807) is 44.7 Å². The zero-order valence-electron chi connectivity index (χ0n) is 22.3. The number of halogens is 3. The number of carbonyl (C=O) groups excluding carboxylic acids is 3. The molecule has 1 aliphatic rings. The van der Waals surface area contributed by atoms with E-state index in [1.807, 2.05) is 4.90 Å². The smallest absolute Gasteiger partial charge is 0.418 e. The summed E-state index contributed by atoms with van der Waals surface area (Å²) in [5.74, 6) is -1.62. The molecule has 0 atom stereocenters. The average Bonchev–Trinajstić information content (AvgIpc) is 2.87. The molecule has 0 unspecified atom stereocenters. The van der Waals surface area contributed by atoms with Gasteiger partial charge in [-0.05, 0) is 70.2 Å². The zero-order valence-corrected chi connectivity index (χ0v) is 22.3. The van der Waals surface area contributed by atoms with Crippen LogP contribution in [-0.4, -0.2) is 67.9 Å². The van der Waals surface area contributed by atoms with Gasteiger partial charge in [0.25, 0.3) is 5.91 Å². The summed E-state index contributed by atoms with van der Waals surface area (Å²) in [5.41, 5.74) is -1.16. The Labute approximate surface area is 224 Å². The number of hydrogen-bond acceptors (Lipinski definition) is 7. The van der Waals surface area contributed by atoms with Crippen molar-refractivity contribution >= 4 is 29.3 Å². The molecule has 12 heteroatoms. The number of amides is 2. The number of esters is 1. The third-order valence-corrected chi connectivity index (χ3v) is 5.63. The van der Waals surface area contributed by atoms with Gasteiger partial charge in [0.1, 0.15) is 11.4 Å². The van der Waals surface area contributed by atoms with Crippen molar-refractivity contribution in [2.24, 2.45) is 0 Å². The largest absolute Gasteiger partial charge is 0.482 e. The van der Waals surface area contributed by atoms with Crippen molar-refractivity contribution in [1.29, 1.82) is 0 Å². The van der Waals surface area contributed by atoms with E-state index in [0.717, 1.165) is 17.8 Å². The number of nitrogens with zero attached hydrogens (tertiary/aromatic N) is 2. The summed E-state index contributed by atoms with van der Waals surface area (Å²) in [6.45, 7) is 8.65. The summed E-state index contributed by atoms with van der Waals surface area (Å²) in [7, 11) is 0. The minimum absolute atomic E-state index is 0.118. The maximum absolute atomic E-state index is 13.7. The second-order valence-corrected chi connectivity index (χ2v) is 9.75. The molecule has 2 aromatic rings. The predicted molar refractivity (Wildman–Crippen MR) is 138 cm³/mol. The van der Waals surface area contributed by atoms with Gasteiger partial charge in [-0.3, -0.25) is 4.79 Å². The van der Waals surface area contributed by atoms with Crippen LogP contribution in [0.4, 0.5) is 29.3 Å². The van der Waals surface area contributed by atoms with E-state index < -0.39 is 41.5 Å². The quantitative estimate of drug-likeness (QED) is 0.486. The molecule has 1 saturated heterocycles. The fourth-order valence-electron chi connectivity index (χ4n) is 3.79. The Hall–Kier alpha value is -3.96. The van der Waals surface area contributed by atoms with E-state index in [0.29, 0.717) is 26.2 Å². The summed E-state index contributed by atoms with van der Waals surface area (Å²) in [6.07, 6.45) is -5.15. The van der Waals surface area contributed by atoms with E-state index in [9.17, 15) is 27.6 Å². The van der Waals surface area contributed by atoms with E-state index in [1.165, 1.54) is 18.2 Å².